The third kappa shape index (κ3) is 4.73. The van der Waals surface area contributed by atoms with E-state index in [-0.39, 0.29) is 30.4 Å². The Bertz CT molecular complexity index is 642. The molecule has 0 radical (unpaired) electrons. The number of hydrogen-bond acceptors (Lipinski definition) is 4. The van der Waals surface area contributed by atoms with Crippen LogP contribution < -0.4 is 4.74 Å². The summed E-state index contributed by atoms with van der Waals surface area (Å²) in [6, 6.07) is 5.89. The minimum atomic E-state index is -4.53. The second-order valence-electron chi connectivity index (χ2n) is 4.64. The number of pyridine rings is 1. The Kier molecular flexibility index (Phi) is 5.25. The maximum Gasteiger partial charge on any atom is 0.406 e. The average Bonchev–Trinajstić information content (AvgIpc) is 2.98. The molecule has 2 rings (SSSR count). The molecule has 23 heavy (non-hydrogen) atoms. The molecule has 0 fully saturated rings. The van der Waals surface area contributed by atoms with E-state index >= 15 is 0 Å². The van der Waals surface area contributed by atoms with Crippen molar-refractivity contribution < 1.29 is 27.1 Å². The van der Waals surface area contributed by atoms with Gasteiger partial charge < -0.3 is 14.1 Å². The first-order valence-electron chi connectivity index (χ1n) is 6.87. The van der Waals surface area contributed by atoms with Crippen molar-refractivity contribution in [3.8, 4) is 5.88 Å². The molecule has 0 spiro atoms. The second-order valence-corrected chi connectivity index (χ2v) is 4.64. The van der Waals surface area contributed by atoms with Gasteiger partial charge in [0.2, 0.25) is 5.88 Å². The summed E-state index contributed by atoms with van der Waals surface area (Å²) in [6.07, 6.45) is -1.79. The van der Waals surface area contributed by atoms with Gasteiger partial charge in [0.25, 0.3) is 5.91 Å². The average molecular weight is 328 g/mol. The molecule has 0 aliphatic heterocycles. The molecule has 0 bridgehead atoms. The molecule has 0 aromatic carbocycles. The minimum absolute atomic E-state index is 0.00613. The van der Waals surface area contributed by atoms with Crippen molar-refractivity contribution in [3.05, 3.63) is 48.0 Å². The molecule has 1 amide bonds. The molecule has 0 saturated carbocycles. The van der Waals surface area contributed by atoms with Gasteiger partial charge >= 0.3 is 6.18 Å². The van der Waals surface area contributed by atoms with Gasteiger partial charge in [-0.25, -0.2) is 4.98 Å². The van der Waals surface area contributed by atoms with E-state index in [0.717, 1.165) is 0 Å². The molecule has 2 aromatic heterocycles. The number of furan rings is 1. The van der Waals surface area contributed by atoms with Gasteiger partial charge in [0.15, 0.2) is 0 Å². The Morgan fingerprint density at radius 3 is 2.74 bits per heavy atom. The lowest BCUT2D eigenvalue weighted by Gasteiger charge is -2.23. The first-order chi connectivity index (χ1) is 10.9. The van der Waals surface area contributed by atoms with Gasteiger partial charge in [-0.15, -0.1) is 0 Å². The predicted octanol–water partition coefficient (Wildman–Crippen LogP) is 3.28. The molecule has 2 heterocycles. The van der Waals surface area contributed by atoms with Crippen molar-refractivity contribution >= 4 is 5.91 Å². The summed E-state index contributed by atoms with van der Waals surface area (Å²) in [6.45, 7) is 0.243. The van der Waals surface area contributed by atoms with Crippen LogP contribution in [0.15, 0.2) is 41.1 Å². The molecule has 0 aliphatic carbocycles. The van der Waals surface area contributed by atoms with Crippen LogP contribution >= 0.6 is 0 Å². The van der Waals surface area contributed by atoms with Crippen LogP contribution in [0.4, 0.5) is 13.2 Å². The van der Waals surface area contributed by atoms with Crippen molar-refractivity contribution in [1.82, 2.24) is 9.88 Å². The van der Waals surface area contributed by atoms with Crippen LogP contribution in [-0.2, 0) is 6.54 Å². The monoisotopic (exact) mass is 328 g/mol. The molecular formula is C15H15F3N2O3. The summed E-state index contributed by atoms with van der Waals surface area (Å²) in [5, 5.41) is 0. The Morgan fingerprint density at radius 1 is 1.35 bits per heavy atom. The zero-order valence-corrected chi connectivity index (χ0v) is 12.3. The highest BCUT2D eigenvalue weighted by Gasteiger charge is 2.34. The number of halogens is 3. The quantitative estimate of drug-likeness (QED) is 0.816. The van der Waals surface area contributed by atoms with E-state index < -0.39 is 18.6 Å². The number of hydrogen-bond donors (Lipinski definition) is 0. The summed E-state index contributed by atoms with van der Waals surface area (Å²) in [5.41, 5.74) is -0.0230. The number of aromatic nitrogens is 1. The molecular weight excluding hydrogens is 313 g/mol. The van der Waals surface area contributed by atoms with Crippen LogP contribution in [0.2, 0.25) is 0 Å². The van der Waals surface area contributed by atoms with Gasteiger partial charge in [0.05, 0.1) is 19.4 Å². The van der Waals surface area contributed by atoms with E-state index in [1.807, 2.05) is 0 Å². The largest absolute Gasteiger partial charge is 0.477 e. The SMILES string of the molecule is CCOc1ncccc1C(=O)N(Cc1ccco1)CC(F)(F)F. The Hall–Kier alpha value is -2.51. The number of carbonyl (C=O) groups excluding carboxylic acids is 1. The maximum absolute atomic E-state index is 12.8. The fraction of sp³-hybridized carbons (Fsp3) is 0.333. The summed E-state index contributed by atoms with van der Waals surface area (Å²) >= 11 is 0. The van der Waals surface area contributed by atoms with Crippen LogP contribution in [0.25, 0.3) is 0 Å². The lowest BCUT2D eigenvalue weighted by Crippen LogP contribution is -2.38. The highest BCUT2D eigenvalue weighted by Crippen LogP contribution is 2.23. The molecule has 8 heteroatoms. The van der Waals surface area contributed by atoms with Crippen LogP contribution in [0.3, 0.4) is 0 Å². The van der Waals surface area contributed by atoms with E-state index in [1.165, 1.54) is 30.7 Å². The molecule has 0 saturated heterocycles. The van der Waals surface area contributed by atoms with Crippen molar-refractivity contribution in [2.24, 2.45) is 0 Å². The standard InChI is InChI=1S/C15H15F3N2O3/c1-2-22-13-12(6-3-7-19-13)14(21)20(10-15(16,17)18)9-11-5-4-8-23-11/h3-8H,2,9-10H2,1H3. The highest BCUT2D eigenvalue weighted by molar-refractivity contribution is 5.96. The second kappa shape index (κ2) is 7.17. The normalized spacial score (nSPS) is 11.3. The number of alkyl halides is 3. The molecule has 0 atom stereocenters. The van der Waals surface area contributed by atoms with E-state index in [0.29, 0.717) is 4.90 Å². The van der Waals surface area contributed by atoms with Gasteiger partial charge in [0.1, 0.15) is 17.9 Å². The van der Waals surface area contributed by atoms with Crippen LogP contribution in [0.5, 0.6) is 5.88 Å². The van der Waals surface area contributed by atoms with Gasteiger partial charge in [0, 0.05) is 6.20 Å². The van der Waals surface area contributed by atoms with Crippen LogP contribution in [0.1, 0.15) is 23.0 Å². The van der Waals surface area contributed by atoms with Gasteiger partial charge in [-0.05, 0) is 31.2 Å². The van der Waals surface area contributed by atoms with Crippen molar-refractivity contribution in [3.63, 3.8) is 0 Å². The van der Waals surface area contributed by atoms with E-state index in [1.54, 1.807) is 13.0 Å². The Morgan fingerprint density at radius 2 is 2.13 bits per heavy atom. The number of carbonyl (C=O) groups is 1. The fourth-order valence-electron chi connectivity index (χ4n) is 1.98. The third-order valence-corrected chi connectivity index (χ3v) is 2.87. The Labute approximate surface area is 130 Å². The minimum Gasteiger partial charge on any atom is -0.477 e. The molecule has 2 aromatic rings. The highest BCUT2D eigenvalue weighted by atomic mass is 19.4. The smallest absolute Gasteiger partial charge is 0.406 e. The molecule has 5 nitrogen and oxygen atoms in total. The topological polar surface area (TPSA) is 55.6 Å². The zero-order chi connectivity index (χ0) is 16.9. The van der Waals surface area contributed by atoms with E-state index in [2.05, 4.69) is 4.98 Å². The first-order valence-corrected chi connectivity index (χ1v) is 6.87. The van der Waals surface area contributed by atoms with Gasteiger partial charge in [-0.3, -0.25) is 4.79 Å². The summed E-state index contributed by atoms with van der Waals surface area (Å²) in [4.78, 5) is 17.1. The number of ether oxygens (including phenoxy) is 1. The predicted molar refractivity (Wildman–Crippen MR) is 74.9 cm³/mol. The first kappa shape index (κ1) is 16.9. The summed E-state index contributed by atoms with van der Waals surface area (Å²) in [7, 11) is 0. The number of nitrogens with zero attached hydrogens (tertiary/aromatic N) is 2. The van der Waals surface area contributed by atoms with E-state index in [9.17, 15) is 18.0 Å². The van der Waals surface area contributed by atoms with Gasteiger partial charge in [-0.2, -0.15) is 13.2 Å². The van der Waals surface area contributed by atoms with Crippen molar-refractivity contribution in [2.45, 2.75) is 19.6 Å². The third-order valence-electron chi connectivity index (χ3n) is 2.87. The lowest BCUT2D eigenvalue weighted by molar-refractivity contribution is -0.142. The van der Waals surface area contributed by atoms with E-state index in [4.69, 9.17) is 9.15 Å². The zero-order valence-electron chi connectivity index (χ0n) is 12.3. The van der Waals surface area contributed by atoms with Gasteiger partial charge in [-0.1, -0.05) is 0 Å². The fourth-order valence-corrected chi connectivity index (χ4v) is 1.98. The van der Waals surface area contributed by atoms with Crippen molar-refractivity contribution in [2.75, 3.05) is 13.2 Å². The summed E-state index contributed by atoms with van der Waals surface area (Å²) in [5.74, 6) is -0.564. The van der Waals surface area contributed by atoms with Crippen LogP contribution in [-0.4, -0.2) is 35.1 Å². The summed E-state index contributed by atoms with van der Waals surface area (Å²) < 4.78 is 48.6. The lowest BCUT2D eigenvalue weighted by atomic mass is 10.2. The molecule has 0 unspecified atom stereocenters. The molecule has 0 aliphatic rings. The van der Waals surface area contributed by atoms with Crippen LogP contribution in [0, 0.1) is 0 Å². The van der Waals surface area contributed by atoms with Crippen molar-refractivity contribution in [1.29, 1.82) is 0 Å². The number of rotatable bonds is 6. The number of amides is 1. The Balaban J connectivity index is 2.28. The molecule has 124 valence electrons. The molecule has 0 N–H and O–H groups in total. The maximum atomic E-state index is 12.8.